The van der Waals surface area contributed by atoms with Crippen molar-refractivity contribution in [2.75, 3.05) is 16.6 Å². The highest BCUT2D eigenvalue weighted by Crippen LogP contribution is 2.27. The van der Waals surface area contributed by atoms with Gasteiger partial charge in [0.15, 0.2) is 0 Å². The smallest absolute Gasteiger partial charge is 0.261 e. The average molecular weight is 371 g/mol. The van der Waals surface area contributed by atoms with E-state index in [1.54, 1.807) is 18.2 Å². The molecule has 0 aromatic heterocycles. The van der Waals surface area contributed by atoms with Crippen molar-refractivity contribution in [2.24, 2.45) is 0 Å². The fourth-order valence-electron chi connectivity index (χ4n) is 2.22. The van der Waals surface area contributed by atoms with Gasteiger partial charge in [0, 0.05) is 12.2 Å². The molecule has 3 rings (SSSR count). The van der Waals surface area contributed by atoms with Gasteiger partial charge < -0.3 is 5.32 Å². The molecule has 0 aliphatic carbocycles. The van der Waals surface area contributed by atoms with Crippen LogP contribution in [0.4, 0.5) is 15.8 Å². The fourth-order valence-corrected chi connectivity index (χ4v) is 3.70. The Balaban J connectivity index is 1.91. The maximum Gasteiger partial charge on any atom is 0.261 e. The quantitative estimate of drug-likeness (QED) is 0.870. The first-order valence-corrected chi connectivity index (χ1v) is 8.58. The van der Waals surface area contributed by atoms with Crippen LogP contribution in [0.25, 0.3) is 0 Å². The van der Waals surface area contributed by atoms with Gasteiger partial charge in [-0.3, -0.25) is 4.72 Å². The van der Waals surface area contributed by atoms with Gasteiger partial charge in [-0.05, 0) is 64.3 Å². The van der Waals surface area contributed by atoms with Gasteiger partial charge in [-0.1, -0.05) is 0 Å². The summed E-state index contributed by atoms with van der Waals surface area (Å²) in [5.74, 6) is -0.443. The Kier molecular flexibility index (Phi) is 3.62. The van der Waals surface area contributed by atoms with Crippen LogP contribution in [-0.4, -0.2) is 15.0 Å². The van der Waals surface area contributed by atoms with Crippen molar-refractivity contribution in [3.8, 4) is 0 Å². The van der Waals surface area contributed by atoms with Gasteiger partial charge in [0.05, 0.1) is 15.1 Å². The van der Waals surface area contributed by atoms with Gasteiger partial charge >= 0.3 is 0 Å². The lowest BCUT2D eigenvalue weighted by atomic mass is 10.2. The van der Waals surface area contributed by atoms with Crippen LogP contribution < -0.4 is 10.0 Å². The van der Waals surface area contributed by atoms with Gasteiger partial charge in [0.2, 0.25) is 0 Å². The van der Waals surface area contributed by atoms with E-state index in [4.69, 9.17) is 0 Å². The van der Waals surface area contributed by atoms with E-state index in [0.717, 1.165) is 24.2 Å². The van der Waals surface area contributed by atoms with Crippen LogP contribution in [0.3, 0.4) is 0 Å². The topological polar surface area (TPSA) is 58.2 Å². The number of rotatable bonds is 3. The van der Waals surface area contributed by atoms with E-state index in [1.807, 2.05) is 0 Å². The molecule has 0 radical (unpaired) electrons. The number of nitrogens with one attached hydrogen (secondary N) is 2. The van der Waals surface area contributed by atoms with Crippen molar-refractivity contribution in [1.29, 1.82) is 0 Å². The summed E-state index contributed by atoms with van der Waals surface area (Å²) in [5.41, 5.74) is 2.26. The van der Waals surface area contributed by atoms with Crippen LogP contribution >= 0.6 is 15.9 Å². The minimum Gasteiger partial charge on any atom is -0.384 e. The maximum absolute atomic E-state index is 13.2. The summed E-state index contributed by atoms with van der Waals surface area (Å²) >= 11 is 3.03. The molecule has 0 fully saturated rings. The van der Waals surface area contributed by atoms with E-state index in [0.29, 0.717) is 5.69 Å². The van der Waals surface area contributed by atoms with Crippen molar-refractivity contribution in [1.82, 2.24) is 0 Å². The van der Waals surface area contributed by atoms with Crippen LogP contribution in [0, 0.1) is 5.82 Å². The lowest BCUT2D eigenvalue weighted by molar-refractivity contribution is 0.600. The SMILES string of the molecule is O=S(=O)(Nc1ccc(F)c(Br)c1)c1ccc2c(c1)CCN2. The molecule has 21 heavy (non-hydrogen) atoms. The maximum atomic E-state index is 13.2. The van der Waals surface area contributed by atoms with Gasteiger partial charge in [-0.15, -0.1) is 0 Å². The molecule has 1 aliphatic rings. The standard InChI is InChI=1S/C14H12BrFN2O2S/c15-12-8-10(1-3-13(12)16)18-21(19,20)11-2-4-14-9(7-11)5-6-17-14/h1-4,7-8,17-18H,5-6H2. The summed E-state index contributed by atoms with van der Waals surface area (Å²) in [6, 6.07) is 8.95. The number of fused-ring (bicyclic) bond motifs is 1. The lowest BCUT2D eigenvalue weighted by Gasteiger charge is -2.10. The molecule has 0 unspecified atom stereocenters. The van der Waals surface area contributed by atoms with Crippen LogP contribution in [0.15, 0.2) is 45.8 Å². The van der Waals surface area contributed by atoms with Gasteiger partial charge in [0.1, 0.15) is 5.82 Å². The van der Waals surface area contributed by atoms with Crippen LogP contribution in [-0.2, 0) is 16.4 Å². The Bertz CT molecular complexity index is 809. The zero-order valence-corrected chi connectivity index (χ0v) is 13.3. The summed E-state index contributed by atoms with van der Waals surface area (Å²) in [7, 11) is -3.69. The summed E-state index contributed by atoms with van der Waals surface area (Å²) in [4.78, 5) is 0.199. The van der Waals surface area contributed by atoms with E-state index >= 15 is 0 Å². The van der Waals surface area contributed by atoms with Crippen molar-refractivity contribution in [3.63, 3.8) is 0 Å². The molecular weight excluding hydrogens is 359 g/mol. The second kappa shape index (κ2) is 5.31. The predicted molar refractivity (Wildman–Crippen MR) is 83.5 cm³/mol. The second-order valence-electron chi connectivity index (χ2n) is 4.73. The van der Waals surface area contributed by atoms with Gasteiger partial charge in [-0.2, -0.15) is 0 Å². The molecule has 0 spiro atoms. The Morgan fingerprint density at radius 2 is 2.00 bits per heavy atom. The number of benzene rings is 2. The van der Waals surface area contributed by atoms with E-state index in [-0.39, 0.29) is 9.37 Å². The molecule has 4 nitrogen and oxygen atoms in total. The summed E-state index contributed by atoms with van der Waals surface area (Å²) < 4.78 is 40.5. The van der Waals surface area contributed by atoms with Gasteiger partial charge in [-0.25, -0.2) is 12.8 Å². The first kappa shape index (κ1) is 14.3. The summed E-state index contributed by atoms with van der Waals surface area (Å²) in [6.07, 6.45) is 0.806. The minimum absolute atomic E-state index is 0.199. The first-order chi connectivity index (χ1) is 9.95. The molecule has 0 saturated carbocycles. The molecule has 7 heteroatoms. The summed E-state index contributed by atoms with van der Waals surface area (Å²) in [6.45, 7) is 0.817. The fraction of sp³-hybridized carbons (Fsp3) is 0.143. The number of anilines is 2. The van der Waals surface area contributed by atoms with E-state index in [1.165, 1.54) is 18.2 Å². The van der Waals surface area contributed by atoms with Crippen LogP contribution in [0.2, 0.25) is 0 Å². The Morgan fingerprint density at radius 3 is 2.76 bits per heavy atom. The first-order valence-electron chi connectivity index (χ1n) is 6.30. The highest BCUT2D eigenvalue weighted by atomic mass is 79.9. The predicted octanol–water partition coefficient (Wildman–Crippen LogP) is 3.36. The van der Waals surface area contributed by atoms with Crippen molar-refractivity contribution in [3.05, 3.63) is 52.3 Å². The van der Waals surface area contributed by atoms with E-state index in [2.05, 4.69) is 26.0 Å². The third-order valence-corrected chi connectivity index (χ3v) is 5.26. The molecule has 2 N–H and O–H groups in total. The third kappa shape index (κ3) is 2.89. The third-order valence-electron chi connectivity index (χ3n) is 3.27. The highest BCUT2D eigenvalue weighted by Gasteiger charge is 2.18. The van der Waals surface area contributed by atoms with Crippen molar-refractivity contribution < 1.29 is 12.8 Å². The van der Waals surface area contributed by atoms with Crippen molar-refractivity contribution in [2.45, 2.75) is 11.3 Å². The molecule has 2 aromatic carbocycles. The second-order valence-corrected chi connectivity index (χ2v) is 7.27. The summed E-state index contributed by atoms with van der Waals surface area (Å²) in [5, 5.41) is 3.18. The lowest BCUT2D eigenvalue weighted by Crippen LogP contribution is -2.13. The zero-order chi connectivity index (χ0) is 15.0. The normalized spacial score (nSPS) is 13.6. The van der Waals surface area contributed by atoms with Crippen LogP contribution in [0.1, 0.15) is 5.56 Å². The number of hydrogen-bond acceptors (Lipinski definition) is 3. The molecule has 2 aromatic rings. The number of sulfonamides is 1. The minimum atomic E-state index is -3.69. The van der Waals surface area contributed by atoms with Crippen molar-refractivity contribution >= 4 is 37.3 Å². The molecular formula is C14H12BrFN2O2S. The highest BCUT2D eigenvalue weighted by molar-refractivity contribution is 9.10. The Labute approximate surface area is 130 Å². The molecule has 1 heterocycles. The van der Waals surface area contributed by atoms with Gasteiger partial charge in [0.25, 0.3) is 10.0 Å². The molecule has 0 atom stereocenters. The largest absolute Gasteiger partial charge is 0.384 e. The molecule has 0 bridgehead atoms. The molecule has 110 valence electrons. The number of halogens is 2. The average Bonchev–Trinajstić information content (AvgIpc) is 2.90. The Hall–Kier alpha value is -1.60. The molecule has 1 aliphatic heterocycles. The number of hydrogen-bond donors (Lipinski definition) is 2. The monoisotopic (exact) mass is 370 g/mol. The van der Waals surface area contributed by atoms with Crippen LogP contribution in [0.5, 0.6) is 0 Å². The van der Waals surface area contributed by atoms with E-state index < -0.39 is 15.8 Å². The Morgan fingerprint density at radius 1 is 1.19 bits per heavy atom. The van der Waals surface area contributed by atoms with E-state index in [9.17, 15) is 12.8 Å². The zero-order valence-electron chi connectivity index (χ0n) is 10.9. The molecule has 0 amide bonds. The molecule has 0 saturated heterocycles.